The van der Waals surface area contributed by atoms with Crippen LogP contribution in [0.5, 0.6) is 0 Å². The monoisotopic (exact) mass is 323 g/mol. The fraction of sp³-hybridized carbons (Fsp3) is 0.105. The average Bonchev–Trinajstić information content (AvgIpc) is 2.96. The number of nitrogens with two attached hydrogens (primary N) is 1. The smallest absolute Gasteiger partial charge is 0.152 e. The lowest BCUT2D eigenvalue weighted by atomic mass is 9.68. The lowest BCUT2D eigenvalue weighted by Gasteiger charge is -2.34. The fourth-order valence-corrected chi connectivity index (χ4v) is 3.34. The van der Waals surface area contributed by atoms with Gasteiger partial charge in [0.25, 0.3) is 0 Å². The third kappa shape index (κ3) is 2.21. The van der Waals surface area contributed by atoms with Crippen LogP contribution in [-0.2, 0) is 11.8 Å². The Balaban J connectivity index is 1.91. The molecule has 120 valence electrons. The first-order chi connectivity index (χ1) is 11.6. The normalized spacial score (nSPS) is 15.2. The quantitative estimate of drug-likeness (QED) is 0.753. The zero-order valence-electron chi connectivity index (χ0n) is 12.8. The molecule has 1 aliphatic carbocycles. The molecule has 0 radical (unpaired) electrons. The first kappa shape index (κ1) is 14.6. The Hall–Kier alpha value is -2.95. The molecule has 1 aliphatic rings. The number of anilines is 1. The zero-order valence-corrected chi connectivity index (χ0v) is 12.8. The minimum absolute atomic E-state index is 0.292. The average molecular weight is 323 g/mol. The van der Waals surface area contributed by atoms with Crippen molar-refractivity contribution in [1.82, 2.24) is 10.2 Å². The second-order valence-electron chi connectivity index (χ2n) is 6.00. The van der Waals surface area contributed by atoms with Crippen molar-refractivity contribution in [3.8, 4) is 0 Å². The molecular weight excluding hydrogens is 308 g/mol. The maximum atomic E-state index is 13.4. The number of nitrogens with zero attached hydrogens (tertiary/aromatic N) is 1. The molecule has 2 aromatic carbocycles. The van der Waals surface area contributed by atoms with Gasteiger partial charge in [0.2, 0.25) is 0 Å². The van der Waals surface area contributed by atoms with E-state index >= 15 is 0 Å². The molecule has 3 N–H and O–H groups in total. The molecule has 5 heteroatoms. The fourth-order valence-electron chi connectivity index (χ4n) is 3.34. The summed E-state index contributed by atoms with van der Waals surface area (Å²) in [4.78, 5) is 0. The van der Waals surface area contributed by atoms with Crippen molar-refractivity contribution in [1.29, 1.82) is 0 Å². The molecule has 0 atom stereocenters. The number of nitrogen functional groups attached to an aromatic ring is 1. The van der Waals surface area contributed by atoms with E-state index < -0.39 is 5.41 Å². The Morgan fingerprint density at radius 1 is 0.917 bits per heavy atom. The van der Waals surface area contributed by atoms with E-state index in [0.717, 1.165) is 22.4 Å². The number of allylic oxidation sites excluding steroid dienone is 1. The Bertz CT molecular complexity index is 863. The van der Waals surface area contributed by atoms with Gasteiger partial charge in [0.05, 0.1) is 0 Å². The van der Waals surface area contributed by atoms with E-state index in [-0.39, 0.29) is 11.6 Å². The van der Waals surface area contributed by atoms with Crippen molar-refractivity contribution in [3.63, 3.8) is 0 Å². The van der Waals surface area contributed by atoms with E-state index in [9.17, 15) is 8.78 Å². The van der Waals surface area contributed by atoms with Crippen molar-refractivity contribution in [2.75, 3.05) is 5.73 Å². The first-order valence-electron chi connectivity index (χ1n) is 7.62. The SMILES string of the molecule is Nc1n[nH]c2c1C=CC(c1ccc(F)cc1)(c1ccc(F)cc1)C2. The van der Waals surface area contributed by atoms with Crippen LogP contribution in [0, 0.1) is 11.6 Å². The number of nitrogens with one attached hydrogen (secondary N) is 1. The van der Waals surface area contributed by atoms with Gasteiger partial charge in [0, 0.05) is 23.1 Å². The molecule has 3 aromatic rings. The third-order valence-electron chi connectivity index (χ3n) is 4.62. The van der Waals surface area contributed by atoms with Crippen LogP contribution in [0.15, 0.2) is 54.6 Å². The van der Waals surface area contributed by atoms with Gasteiger partial charge in [-0.25, -0.2) is 8.78 Å². The highest BCUT2D eigenvalue weighted by Crippen LogP contribution is 2.42. The largest absolute Gasteiger partial charge is 0.382 e. The Kier molecular flexibility index (Phi) is 3.23. The predicted octanol–water partition coefficient (Wildman–Crippen LogP) is 3.83. The summed E-state index contributed by atoms with van der Waals surface area (Å²) in [6.07, 6.45) is 4.53. The van der Waals surface area contributed by atoms with Gasteiger partial charge < -0.3 is 5.73 Å². The van der Waals surface area contributed by atoms with Gasteiger partial charge in [-0.15, -0.1) is 0 Å². The molecule has 0 aliphatic heterocycles. The second kappa shape index (κ2) is 5.30. The van der Waals surface area contributed by atoms with Crippen LogP contribution in [0.25, 0.3) is 6.08 Å². The lowest BCUT2D eigenvalue weighted by molar-refractivity contribution is 0.599. The number of aromatic amines is 1. The van der Waals surface area contributed by atoms with Gasteiger partial charge in [-0.3, -0.25) is 5.10 Å². The summed E-state index contributed by atoms with van der Waals surface area (Å²) in [6, 6.07) is 12.8. The van der Waals surface area contributed by atoms with E-state index in [0.29, 0.717) is 12.2 Å². The number of halogens is 2. The molecule has 1 heterocycles. The number of H-pyrrole nitrogens is 1. The van der Waals surface area contributed by atoms with Crippen LogP contribution in [0.2, 0.25) is 0 Å². The number of hydrogen-bond donors (Lipinski definition) is 2. The maximum Gasteiger partial charge on any atom is 0.152 e. The number of benzene rings is 2. The molecule has 0 fully saturated rings. The van der Waals surface area contributed by atoms with Crippen LogP contribution < -0.4 is 5.73 Å². The van der Waals surface area contributed by atoms with Gasteiger partial charge in [-0.1, -0.05) is 36.4 Å². The predicted molar refractivity (Wildman–Crippen MR) is 89.3 cm³/mol. The van der Waals surface area contributed by atoms with Gasteiger partial charge >= 0.3 is 0 Å². The summed E-state index contributed by atoms with van der Waals surface area (Å²) >= 11 is 0. The van der Waals surface area contributed by atoms with Crippen molar-refractivity contribution in [2.45, 2.75) is 11.8 Å². The summed E-state index contributed by atoms with van der Waals surface area (Å²) < 4.78 is 26.8. The summed E-state index contributed by atoms with van der Waals surface area (Å²) in [5, 5.41) is 7.03. The topological polar surface area (TPSA) is 54.7 Å². The number of aromatic nitrogens is 2. The van der Waals surface area contributed by atoms with Crippen molar-refractivity contribution in [2.24, 2.45) is 0 Å². The van der Waals surface area contributed by atoms with Crippen molar-refractivity contribution in [3.05, 3.63) is 88.6 Å². The molecule has 0 amide bonds. The Morgan fingerprint density at radius 3 is 2.00 bits per heavy atom. The molecule has 1 aromatic heterocycles. The minimum atomic E-state index is -0.534. The summed E-state index contributed by atoms with van der Waals surface area (Å²) in [6.45, 7) is 0. The Morgan fingerprint density at radius 2 is 1.46 bits per heavy atom. The third-order valence-corrected chi connectivity index (χ3v) is 4.62. The highest BCUT2D eigenvalue weighted by atomic mass is 19.1. The van der Waals surface area contributed by atoms with Crippen LogP contribution in [0.1, 0.15) is 22.4 Å². The molecule has 0 saturated carbocycles. The molecule has 24 heavy (non-hydrogen) atoms. The molecule has 0 bridgehead atoms. The van der Waals surface area contributed by atoms with E-state index in [4.69, 9.17) is 5.73 Å². The van der Waals surface area contributed by atoms with Crippen LogP contribution in [-0.4, -0.2) is 10.2 Å². The van der Waals surface area contributed by atoms with E-state index in [2.05, 4.69) is 10.2 Å². The van der Waals surface area contributed by atoms with Crippen LogP contribution in [0.4, 0.5) is 14.6 Å². The lowest BCUT2D eigenvalue weighted by Crippen LogP contribution is -2.30. The van der Waals surface area contributed by atoms with Gasteiger partial charge in [-0.2, -0.15) is 5.10 Å². The maximum absolute atomic E-state index is 13.4. The highest BCUT2D eigenvalue weighted by molar-refractivity contribution is 5.69. The van der Waals surface area contributed by atoms with E-state index in [1.807, 2.05) is 12.2 Å². The van der Waals surface area contributed by atoms with E-state index in [1.54, 1.807) is 24.3 Å². The minimum Gasteiger partial charge on any atom is -0.382 e. The van der Waals surface area contributed by atoms with Crippen molar-refractivity contribution >= 4 is 11.9 Å². The summed E-state index contributed by atoms with van der Waals surface area (Å²) in [7, 11) is 0. The second-order valence-corrected chi connectivity index (χ2v) is 6.00. The number of fused-ring (bicyclic) bond motifs is 1. The summed E-state index contributed by atoms with van der Waals surface area (Å²) in [5.74, 6) is -0.133. The highest BCUT2D eigenvalue weighted by Gasteiger charge is 2.36. The molecule has 0 unspecified atom stereocenters. The molecule has 4 rings (SSSR count). The number of rotatable bonds is 2. The molecule has 0 spiro atoms. The number of hydrogen-bond acceptors (Lipinski definition) is 2. The van der Waals surface area contributed by atoms with Gasteiger partial charge in [-0.05, 0) is 35.4 Å². The van der Waals surface area contributed by atoms with Gasteiger partial charge in [0.1, 0.15) is 11.6 Å². The first-order valence-corrected chi connectivity index (χ1v) is 7.62. The standard InChI is InChI=1S/C19H15F2N3/c20-14-5-1-12(2-6-14)19(13-3-7-15(21)8-4-13)10-9-16-17(11-19)23-24-18(16)22/h1-10H,11H2,(H3,22,23,24). The molecule has 0 saturated heterocycles. The van der Waals surface area contributed by atoms with Crippen LogP contribution in [0.3, 0.4) is 0 Å². The van der Waals surface area contributed by atoms with Gasteiger partial charge in [0.15, 0.2) is 5.82 Å². The summed E-state index contributed by atoms with van der Waals surface area (Å²) in [5.41, 5.74) is 8.96. The van der Waals surface area contributed by atoms with E-state index in [1.165, 1.54) is 24.3 Å². The molecular formula is C19H15F2N3. The Labute approximate surface area is 137 Å². The van der Waals surface area contributed by atoms with Crippen molar-refractivity contribution < 1.29 is 8.78 Å². The van der Waals surface area contributed by atoms with Crippen LogP contribution >= 0.6 is 0 Å². The molecule has 3 nitrogen and oxygen atoms in total. The zero-order chi connectivity index (χ0) is 16.7.